The van der Waals surface area contributed by atoms with Crippen molar-refractivity contribution >= 4 is 103 Å². The van der Waals surface area contributed by atoms with E-state index in [1.54, 1.807) is 38.5 Å². The normalized spacial score (nSPS) is 9.72. The van der Waals surface area contributed by atoms with Crippen molar-refractivity contribution < 1.29 is 88.1 Å². The minimum absolute atomic E-state index is 0.0153. The van der Waals surface area contributed by atoms with Crippen molar-refractivity contribution in [1.29, 1.82) is 0 Å². The van der Waals surface area contributed by atoms with Crippen LogP contribution in [-0.4, -0.2) is 173 Å². The van der Waals surface area contributed by atoms with Crippen LogP contribution in [0.15, 0.2) is 185 Å². The van der Waals surface area contributed by atoms with Crippen LogP contribution in [0.4, 0.5) is 96.2 Å². The number of urea groups is 8. The molecule has 0 aromatic heterocycles. The molecule has 8 aromatic carbocycles. The Balaban J connectivity index is 0.000000697. The second kappa shape index (κ2) is 67.5. The van der Waals surface area contributed by atoms with Gasteiger partial charge in [-0.15, -0.1) is 0 Å². The van der Waals surface area contributed by atoms with Crippen molar-refractivity contribution in [2.45, 2.75) is 74.1 Å². The average Bonchev–Trinajstić information content (AvgIpc) is 0.826. The molecular formula is C85H112Br2F8N16O11. The summed E-state index contributed by atoms with van der Waals surface area (Å²) in [5, 5.41) is 49.1. The van der Waals surface area contributed by atoms with Crippen molar-refractivity contribution in [3.63, 3.8) is 0 Å². The number of amides is 16. The SMILES string of the molecule is CCc1ccccc1NC(=O)NCCF.COc1c(Br)cccc1CNC(=O)NCCF.COc1cccc(CNC(=O)NCCF)c1.Cc1cccc(C)c1NC(=O)NCCF.Cc1cccc(CNC(=O)NCCF)c1.Cc1cccc(NC(=O)NCCF)c1C.O=C(NCCF)NCc1ccc(O)cc1.O=C(NCCF)Nc1ccccc1Br. The van der Waals surface area contributed by atoms with E-state index in [4.69, 9.17) is 14.6 Å². The van der Waals surface area contributed by atoms with Gasteiger partial charge in [-0.05, 0) is 172 Å². The lowest BCUT2D eigenvalue weighted by Crippen LogP contribution is -2.36. The molecule has 8 rings (SSSR count). The maximum absolute atomic E-state index is 11.8. The molecule has 27 nitrogen and oxygen atoms in total. The van der Waals surface area contributed by atoms with Crippen molar-refractivity contribution in [1.82, 2.24) is 63.8 Å². The molecule has 122 heavy (non-hydrogen) atoms. The summed E-state index contributed by atoms with van der Waals surface area (Å²) in [6.07, 6.45) is 0.847. The van der Waals surface area contributed by atoms with Crippen LogP contribution in [0.3, 0.4) is 0 Å². The van der Waals surface area contributed by atoms with Gasteiger partial charge in [0.15, 0.2) is 0 Å². The molecule has 0 unspecified atom stereocenters. The number of nitrogens with one attached hydrogen (secondary N) is 16. The van der Waals surface area contributed by atoms with Crippen LogP contribution in [0.25, 0.3) is 0 Å². The van der Waals surface area contributed by atoms with Crippen molar-refractivity contribution in [2.75, 3.05) is 141 Å². The van der Waals surface area contributed by atoms with Crippen LogP contribution in [0.2, 0.25) is 0 Å². The molecule has 668 valence electrons. The molecule has 0 fully saturated rings. The quantitative estimate of drug-likeness (QED) is 0.0181. The zero-order valence-corrected chi connectivity index (χ0v) is 72.6. The number of anilines is 4. The zero-order valence-electron chi connectivity index (χ0n) is 69.4. The lowest BCUT2D eigenvalue weighted by molar-refractivity contribution is 0.238. The number of hydrogen-bond acceptors (Lipinski definition) is 11. The van der Waals surface area contributed by atoms with Crippen molar-refractivity contribution in [2.24, 2.45) is 0 Å². The number of para-hydroxylation sites is 4. The Morgan fingerprint density at radius 2 is 0.680 bits per heavy atom. The van der Waals surface area contributed by atoms with Gasteiger partial charge < -0.3 is 99.6 Å². The third kappa shape index (κ3) is 50.6. The van der Waals surface area contributed by atoms with Crippen LogP contribution in [0.1, 0.15) is 62.6 Å². The molecule has 0 spiro atoms. The fourth-order valence-electron chi connectivity index (χ4n) is 9.47. The highest BCUT2D eigenvalue weighted by Crippen LogP contribution is 2.29. The summed E-state index contributed by atoms with van der Waals surface area (Å²) in [6.45, 7) is 9.02. The first-order valence-corrected chi connectivity index (χ1v) is 39.8. The van der Waals surface area contributed by atoms with Gasteiger partial charge in [0.05, 0.1) is 24.4 Å². The Hall–Kier alpha value is -12.3. The van der Waals surface area contributed by atoms with Gasteiger partial charge in [-0.25, -0.2) is 73.5 Å². The number of aryl methyl sites for hydroxylation is 5. The van der Waals surface area contributed by atoms with Gasteiger partial charge in [0, 0.05) is 106 Å². The summed E-state index contributed by atoms with van der Waals surface area (Å²) in [6, 6.07) is 50.4. The van der Waals surface area contributed by atoms with E-state index in [9.17, 15) is 73.5 Å². The van der Waals surface area contributed by atoms with Gasteiger partial charge in [0.2, 0.25) is 0 Å². The van der Waals surface area contributed by atoms with E-state index < -0.39 is 71.5 Å². The minimum atomic E-state index is -0.577. The van der Waals surface area contributed by atoms with E-state index in [0.29, 0.717) is 37.6 Å². The number of aromatic hydroxyl groups is 1. The number of hydrogen-bond donors (Lipinski definition) is 17. The van der Waals surface area contributed by atoms with Crippen LogP contribution >= 0.6 is 31.9 Å². The van der Waals surface area contributed by atoms with E-state index in [-0.39, 0.29) is 88.3 Å². The summed E-state index contributed by atoms with van der Waals surface area (Å²) < 4.78 is 106. The van der Waals surface area contributed by atoms with E-state index in [1.165, 1.54) is 12.1 Å². The summed E-state index contributed by atoms with van der Waals surface area (Å²) in [5.74, 6) is 1.60. The van der Waals surface area contributed by atoms with Crippen LogP contribution < -0.4 is 94.5 Å². The number of phenols is 1. The van der Waals surface area contributed by atoms with Gasteiger partial charge >= 0.3 is 48.2 Å². The standard InChI is InChI=1S/C11H14BrFN2O2.C11H15FN2O2.4C11H15FN2O.C10H13FN2O2.C9H10BrFN2O/c1-17-10-8(3-2-4-9(10)12)7-15-11(16)14-6-5-13;1-16-10-4-2-3-9(7-10)8-14-11(15)13-6-5-12;1-8-4-3-5-10(9(8)2)14-11(15)13-7-6-12;1-8-4-3-5-9(2)10(8)14-11(15)13-7-6-12;1-9-3-2-4-10(7-9)8-14-11(15)13-6-5-12;1-2-9-5-3-4-6-10(9)14-11(15)13-8-7-12;11-5-6-12-10(15)13-7-8-1-3-9(14)4-2-8;10-7-3-1-2-4-8(7)13-9(14)12-6-5-11/h2-4H,5-7H2,1H3,(H2,14,15,16);2-4,7H,5-6,8H2,1H3,(H2,13,14,15);2*3-5H,6-7H2,1-2H3,(H2,13,14,15);2-4,7H,5-6,8H2,1H3,(H2,13,14,15);3-6H,2,7-8H2,1H3,(H2,13,14,15);1-4,14H,5-7H2,(H2,12,13,15);1-4H,5-6H2,(H2,12,13,14). The van der Waals surface area contributed by atoms with E-state index >= 15 is 0 Å². The smallest absolute Gasteiger partial charge is 0.319 e. The highest BCUT2D eigenvalue weighted by atomic mass is 79.9. The molecule has 17 N–H and O–H groups in total. The molecule has 0 radical (unpaired) electrons. The minimum Gasteiger partial charge on any atom is -0.508 e. The number of phenolic OH excluding ortho intramolecular Hbond substituents is 1. The van der Waals surface area contributed by atoms with Crippen LogP contribution in [0.5, 0.6) is 17.2 Å². The Morgan fingerprint density at radius 3 is 1.13 bits per heavy atom. The Bertz CT molecular complexity index is 4330. The summed E-state index contributed by atoms with van der Waals surface area (Å²) in [4.78, 5) is 89.3. The van der Waals surface area contributed by atoms with Crippen LogP contribution in [0, 0.1) is 34.6 Å². The predicted molar refractivity (Wildman–Crippen MR) is 472 cm³/mol. The van der Waals surface area contributed by atoms with Crippen molar-refractivity contribution in [3.8, 4) is 17.2 Å². The molecule has 8 aromatic rings. The molecule has 0 aliphatic rings. The first-order valence-electron chi connectivity index (χ1n) is 38.2. The maximum Gasteiger partial charge on any atom is 0.319 e. The third-order valence-corrected chi connectivity index (χ3v) is 16.9. The van der Waals surface area contributed by atoms with Crippen LogP contribution in [-0.2, 0) is 32.6 Å². The number of carbonyl (C=O) groups is 8. The summed E-state index contributed by atoms with van der Waals surface area (Å²) in [5.41, 5.74) is 13.0. The van der Waals surface area contributed by atoms with Gasteiger partial charge in [-0.1, -0.05) is 134 Å². The maximum atomic E-state index is 11.8. The number of rotatable bonds is 31. The highest BCUT2D eigenvalue weighted by molar-refractivity contribution is 9.11. The van der Waals surface area contributed by atoms with Gasteiger partial charge in [-0.3, -0.25) is 0 Å². The molecule has 0 saturated carbocycles. The monoisotopic (exact) mass is 1840 g/mol. The molecule has 0 saturated heterocycles. The largest absolute Gasteiger partial charge is 0.508 e. The number of carbonyl (C=O) groups excluding carboxylic acids is 8. The van der Waals surface area contributed by atoms with Gasteiger partial charge in [0.1, 0.15) is 70.6 Å². The molecule has 0 heterocycles. The average molecular weight is 1850 g/mol. The first-order chi connectivity index (χ1) is 58.7. The number of methoxy groups -OCH3 is 2. The number of alkyl halides is 8. The molecule has 37 heteroatoms. The second-order valence-electron chi connectivity index (χ2n) is 24.9. The topological polar surface area (TPSA) is 368 Å². The highest BCUT2D eigenvalue weighted by Gasteiger charge is 2.12. The number of halogens is 10. The molecule has 0 aliphatic heterocycles. The lowest BCUT2D eigenvalue weighted by atomic mass is 10.1. The molecule has 0 bridgehead atoms. The van der Waals surface area contributed by atoms with Crippen molar-refractivity contribution in [3.05, 3.63) is 241 Å². The third-order valence-electron chi connectivity index (χ3n) is 15.6. The lowest BCUT2D eigenvalue weighted by Gasteiger charge is -2.11. The molecule has 16 amide bonds. The van der Waals surface area contributed by atoms with E-state index in [0.717, 1.165) is 93.8 Å². The fourth-order valence-corrected chi connectivity index (χ4v) is 10.4. The Kier molecular flexibility index (Phi) is 59.6. The zero-order chi connectivity index (χ0) is 90.7. The molecule has 0 aliphatic carbocycles. The fraction of sp³-hybridized carbons (Fsp3) is 0.341. The van der Waals surface area contributed by atoms with Gasteiger partial charge in [0.25, 0.3) is 0 Å². The summed E-state index contributed by atoms with van der Waals surface area (Å²) in [7, 11) is 3.15. The predicted octanol–water partition coefficient (Wildman–Crippen LogP) is 16.3. The molecular weight excluding hydrogens is 1730 g/mol. The Morgan fingerprint density at radius 1 is 0.328 bits per heavy atom. The first kappa shape index (κ1) is 108. The van der Waals surface area contributed by atoms with E-state index in [2.05, 4.69) is 117 Å². The number of benzene rings is 8. The van der Waals surface area contributed by atoms with Gasteiger partial charge in [-0.2, -0.15) is 0 Å². The summed E-state index contributed by atoms with van der Waals surface area (Å²) >= 11 is 6.63. The number of ether oxygens (including phenoxy) is 2. The molecule has 0 atom stereocenters. The van der Waals surface area contributed by atoms with E-state index in [1.807, 2.05) is 181 Å². The second-order valence-corrected chi connectivity index (χ2v) is 26.6. The Labute approximate surface area is 724 Å².